The summed E-state index contributed by atoms with van der Waals surface area (Å²) in [7, 11) is 0. The standard InChI is InChI=1S/C15H22N2O2/c1-10-7-8-13-12(9-10)14(17-19-13)15(18)16-11-5-3-2-4-6-11/h10-11H,2-9H2,1H3,(H,16,18)/t10-/m0/s1. The molecule has 0 aliphatic heterocycles. The number of rotatable bonds is 2. The van der Waals surface area contributed by atoms with Crippen LogP contribution in [0.25, 0.3) is 0 Å². The Labute approximate surface area is 113 Å². The second-order valence-electron chi connectivity index (χ2n) is 6.09. The lowest BCUT2D eigenvalue weighted by Crippen LogP contribution is -2.37. The van der Waals surface area contributed by atoms with Crippen LogP contribution in [0.1, 0.15) is 67.3 Å². The van der Waals surface area contributed by atoms with Crippen LogP contribution in [-0.4, -0.2) is 17.1 Å². The highest BCUT2D eigenvalue weighted by atomic mass is 16.5. The smallest absolute Gasteiger partial charge is 0.273 e. The number of nitrogens with one attached hydrogen (secondary N) is 1. The fourth-order valence-corrected chi connectivity index (χ4v) is 3.26. The molecule has 4 heteroatoms. The topological polar surface area (TPSA) is 55.1 Å². The van der Waals surface area contributed by atoms with Crippen molar-refractivity contribution in [1.82, 2.24) is 10.5 Å². The Morgan fingerprint density at radius 1 is 1.26 bits per heavy atom. The van der Waals surface area contributed by atoms with Crippen LogP contribution in [0, 0.1) is 5.92 Å². The molecule has 1 aromatic heterocycles. The summed E-state index contributed by atoms with van der Waals surface area (Å²) in [6.07, 6.45) is 8.91. The molecule has 2 aliphatic rings. The molecule has 0 radical (unpaired) electrons. The highest BCUT2D eigenvalue weighted by molar-refractivity contribution is 5.94. The zero-order valence-electron chi connectivity index (χ0n) is 11.6. The summed E-state index contributed by atoms with van der Waals surface area (Å²) in [5.74, 6) is 1.51. The van der Waals surface area contributed by atoms with E-state index in [-0.39, 0.29) is 5.91 Å². The lowest BCUT2D eigenvalue weighted by atomic mass is 9.88. The van der Waals surface area contributed by atoms with Gasteiger partial charge in [0.25, 0.3) is 5.91 Å². The molecule has 2 aliphatic carbocycles. The molecular formula is C15H22N2O2. The lowest BCUT2D eigenvalue weighted by molar-refractivity contribution is 0.0917. The Hall–Kier alpha value is -1.32. The van der Waals surface area contributed by atoms with Gasteiger partial charge in [-0.2, -0.15) is 0 Å². The minimum absolute atomic E-state index is 0.0361. The molecule has 1 N–H and O–H groups in total. The molecule has 0 saturated heterocycles. The summed E-state index contributed by atoms with van der Waals surface area (Å²) in [4.78, 5) is 12.3. The van der Waals surface area contributed by atoms with E-state index in [0.29, 0.717) is 17.7 Å². The van der Waals surface area contributed by atoms with E-state index in [1.807, 2.05) is 0 Å². The molecule has 19 heavy (non-hydrogen) atoms. The Morgan fingerprint density at radius 2 is 2.05 bits per heavy atom. The fourth-order valence-electron chi connectivity index (χ4n) is 3.26. The summed E-state index contributed by atoms with van der Waals surface area (Å²) >= 11 is 0. The molecule has 4 nitrogen and oxygen atoms in total. The van der Waals surface area contributed by atoms with Gasteiger partial charge in [0, 0.05) is 18.0 Å². The monoisotopic (exact) mass is 262 g/mol. The van der Waals surface area contributed by atoms with Crippen LogP contribution in [0.15, 0.2) is 4.52 Å². The Balaban J connectivity index is 1.71. The van der Waals surface area contributed by atoms with Crippen molar-refractivity contribution in [2.45, 2.75) is 64.3 Å². The summed E-state index contributed by atoms with van der Waals surface area (Å²) < 4.78 is 5.33. The van der Waals surface area contributed by atoms with E-state index in [1.54, 1.807) is 0 Å². The summed E-state index contributed by atoms with van der Waals surface area (Å²) in [6, 6.07) is 0.328. The second-order valence-corrected chi connectivity index (χ2v) is 6.09. The highest BCUT2D eigenvalue weighted by Crippen LogP contribution is 2.28. The van der Waals surface area contributed by atoms with Gasteiger partial charge in [-0.3, -0.25) is 4.79 Å². The van der Waals surface area contributed by atoms with E-state index in [2.05, 4.69) is 17.4 Å². The van der Waals surface area contributed by atoms with Gasteiger partial charge in [0.1, 0.15) is 5.76 Å². The van der Waals surface area contributed by atoms with Crippen LogP contribution in [0.4, 0.5) is 0 Å². The van der Waals surface area contributed by atoms with Crippen LogP contribution in [0.3, 0.4) is 0 Å². The number of carbonyl (C=O) groups excluding carboxylic acids is 1. The Kier molecular flexibility index (Phi) is 3.58. The average molecular weight is 262 g/mol. The average Bonchev–Trinajstić information content (AvgIpc) is 2.82. The number of amides is 1. The molecule has 1 heterocycles. The zero-order valence-corrected chi connectivity index (χ0v) is 11.6. The van der Waals surface area contributed by atoms with Gasteiger partial charge in [-0.15, -0.1) is 0 Å². The molecule has 1 atom stereocenters. The maximum atomic E-state index is 12.3. The van der Waals surface area contributed by atoms with Gasteiger partial charge in [0.2, 0.25) is 0 Å². The van der Waals surface area contributed by atoms with Gasteiger partial charge in [0.05, 0.1) is 0 Å². The van der Waals surface area contributed by atoms with Crippen LogP contribution in [0.5, 0.6) is 0 Å². The molecule has 1 amide bonds. The molecule has 1 fully saturated rings. The molecule has 1 aromatic rings. The van der Waals surface area contributed by atoms with Crippen LogP contribution in [0.2, 0.25) is 0 Å². The van der Waals surface area contributed by atoms with Crippen molar-refractivity contribution in [1.29, 1.82) is 0 Å². The van der Waals surface area contributed by atoms with Crippen LogP contribution < -0.4 is 5.32 Å². The first kappa shape index (κ1) is 12.7. The predicted molar refractivity (Wildman–Crippen MR) is 72.0 cm³/mol. The molecule has 1 saturated carbocycles. The first-order valence-corrected chi connectivity index (χ1v) is 7.52. The van der Waals surface area contributed by atoms with Gasteiger partial charge in [0.15, 0.2) is 5.69 Å². The third-order valence-corrected chi connectivity index (χ3v) is 4.44. The number of hydrogen-bond acceptors (Lipinski definition) is 3. The first-order chi connectivity index (χ1) is 9.24. The van der Waals surface area contributed by atoms with E-state index in [1.165, 1.54) is 19.3 Å². The molecule has 0 unspecified atom stereocenters. The van der Waals surface area contributed by atoms with Crippen molar-refractivity contribution < 1.29 is 9.32 Å². The Bertz CT molecular complexity index is 461. The van der Waals surface area contributed by atoms with Gasteiger partial charge in [-0.1, -0.05) is 31.3 Å². The predicted octanol–water partition coefficient (Wildman–Crippen LogP) is 2.86. The first-order valence-electron chi connectivity index (χ1n) is 7.52. The molecule has 3 rings (SSSR count). The number of aryl methyl sites for hydroxylation is 1. The third-order valence-electron chi connectivity index (χ3n) is 4.44. The largest absolute Gasteiger partial charge is 0.360 e. The van der Waals surface area contributed by atoms with Crippen LogP contribution in [-0.2, 0) is 12.8 Å². The van der Waals surface area contributed by atoms with Crippen molar-refractivity contribution in [3.63, 3.8) is 0 Å². The van der Waals surface area contributed by atoms with Gasteiger partial charge in [-0.25, -0.2) is 0 Å². The normalized spacial score (nSPS) is 23.9. The van der Waals surface area contributed by atoms with Crippen molar-refractivity contribution in [2.24, 2.45) is 5.92 Å². The number of fused-ring (bicyclic) bond motifs is 1. The summed E-state index contributed by atoms with van der Waals surface area (Å²) in [5, 5.41) is 7.14. The minimum atomic E-state index is -0.0361. The molecule has 0 bridgehead atoms. The Morgan fingerprint density at radius 3 is 2.84 bits per heavy atom. The van der Waals surface area contributed by atoms with Gasteiger partial charge < -0.3 is 9.84 Å². The molecular weight excluding hydrogens is 240 g/mol. The quantitative estimate of drug-likeness (QED) is 0.891. The SMILES string of the molecule is C[C@H]1CCc2onc(C(=O)NC3CCCCC3)c2C1. The van der Waals surface area contributed by atoms with Crippen LogP contribution >= 0.6 is 0 Å². The molecule has 0 spiro atoms. The van der Waals surface area contributed by atoms with E-state index >= 15 is 0 Å². The second kappa shape index (κ2) is 5.35. The van der Waals surface area contributed by atoms with E-state index < -0.39 is 0 Å². The number of aromatic nitrogens is 1. The van der Waals surface area contributed by atoms with Gasteiger partial charge >= 0.3 is 0 Å². The van der Waals surface area contributed by atoms with E-state index in [9.17, 15) is 4.79 Å². The zero-order chi connectivity index (χ0) is 13.2. The molecule has 0 aromatic carbocycles. The van der Waals surface area contributed by atoms with Crippen molar-refractivity contribution in [3.8, 4) is 0 Å². The number of nitrogens with zero attached hydrogens (tertiary/aromatic N) is 1. The summed E-state index contributed by atoms with van der Waals surface area (Å²) in [5.41, 5.74) is 1.58. The molecule has 104 valence electrons. The fraction of sp³-hybridized carbons (Fsp3) is 0.733. The highest BCUT2D eigenvalue weighted by Gasteiger charge is 2.28. The van der Waals surface area contributed by atoms with Crippen molar-refractivity contribution >= 4 is 5.91 Å². The van der Waals surface area contributed by atoms with E-state index in [0.717, 1.165) is 43.4 Å². The maximum Gasteiger partial charge on any atom is 0.273 e. The third kappa shape index (κ3) is 2.67. The van der Waals surface area contributed by atoms with Gasteiger partial charge in [-0.05, 0) is 31.6 Å². The van der Waals surface area contributed by atoms with Crippen molar-refractivity contribution in [3.05, 3.63) is 17.0 Å². The minimum Gasteiger partial charge on any atom is -0.360 e. The lowest BCUT2D eigenvalue weighted by Gasteiger charge is -2.22. The number of carbonyl (C=O) groups is 1. The van der Waals surface area contributed by atoms with Crippen molar-refractivity contribution in [2.75, 3.05) is 0 Å². The summed E-state index contributed by atoms with van der Waals surface area (Å²) in [6.45, 7) is 2.22. The number of hydrogen-bond donors (Lipinski definition) is 1. The maximum absolute atomic E-state index is 12.3. The van der Waals surface area contributed by atoms with E-state index in [4.69, 9.17) is 4.52 Å².